The molecule has 0 saturated carbocycles. The fourth-order valence-electron chi connectivity index (χ4n) is 3.29. The number of benzene rings is 3. The van der Waals surface area contributed by atoms with E-state index in [1.165, 1.54) is 19.3 Å². The van der Waals surface area contributed by atoms with Crippen molar-refractivity contribution in [2.75, 3.05) is 10.6 Å². The number of hydrogen-bond donors (Lipinski definition) is 2. The molecule has 0 aliphatic heterocycles. The van der Waals surface area contributed by atoms with Crippen LogP contribution in [0.2, 0.25) is 0 Å². The van der Waals surface area contributed by atoms with Crippen LogP contribution < -0.4 is 10.6 Å². The van der Waals surface area contributed by atoms with Crippen LogP contribution >= 0.6 is 0 Å². The van der Waals surface area contributed by atoms with E-state index in [9.17, 15) is 9.59 Å². The molecule has 0 aromatic heterocycles. The molecular weight excluding hydrogens is 360 g/mol. The standard InChI is InChI=1S/C25H28N2O2/c1-2-3-4-5-6-11-24(28)26-22-15-13-20(14-16-22)25(29)27-23-17-12-19-9-7-8-10-21(19)18-23/h7-10,12-18H,2-6,11H2,1H3,(H,26,28)(H,27,29). The van der Waals surface area contributed by atoms with Gasteiger partial charge in [0.25, 0.3) is 5.91 Å². The number of unbranched alkanes of at least 4 members (excludes halogenated alkanes) is 4. The first-order valence-corrected chi connectivity index (χ1v) is 10.4. The summed E-state index contributed by atoms with van der Waals surface area (Å²) in [5.41, 5.74) is 2.02. The second kappa shape index (κ2) is 10.4. The van der Waals surface area contributed by atoms with Crippen molar-refractivity contribution in [1.82, 2.24) is 0 Å². The van der Waals surface area contributed by atoms with Gasteiger partial charge in [0.05, 0.1) is 0 Å². The van der Waals surface area contributed by atoms with Crippen LogP contribution in [0.15, 0.2) is 66.7 Å². The number of fused-ring (bicyclic) bond motifs is 1. The average molecular weight is 389 g/mol. The summed E-state index contributed by atoms with van der Waals surface area (Å²) in [6.45, 7) is 2.18. The SMILES string of the molecule is CCCCCCCC(=O)Nc1ccc(C(=O)Nc2ccc3ccccc3c2)cc1. The first-order chi connectivity index (χ1) is 14.2. The number of carbonyl (C=O) groups is 2. The first-order valence-electron chi connectivity index (χ1n) is 10.4. The predicted molar refractivity (Wildman–Crippen MR) is 120 cm³/mol. The Morgan fingerprint density at radius 2 is 1.41 bits per heavy atom. The van der Waals surface area contributed by atoms with Crippen LogP contribution in [0.3, 0.4) is 0 Å². The summed E-state index contributed by atoms with van der Waals surface area (Å²) < 4.78 is 0. The molecule has 0 atom stereocenters. The lowest BCUT2D eigenvalue weighted by atomic mass is 10.1. The van der Waals surface area contributed by atoms with E-state index in [1.54, 1.807) is 24.3 Å². The largest absolute Gasteiger partial charge is 0.326 e. The number of carbonyl (C=O) groups excluding carboxylic acids is 2. The minimum atomic E-state index is -0.172. The van der Waals surface area contributed by atoms with E-state index in [1.807, 2.05) is 42.5 Å². The minimum Gasteiger partial charge on any atom is -0.326 e. The molecule has 0 fully saturated rings. The zero-order valence-corrected chi connectivity index (χ0v) is 16.9. The van der Waals surface area contributed by atoms with Gasteiger partial charge in [-0.1, -0.05) is 62.9 Å². The van der Waals surface area contributed by atoms with Gasteiger partial charge in [-0.05, 0) is 53.6 Å². The van der Waals surface area contributed by atoms with Crippen LogP contribution in [-0.2, 0) is 4.79 Å². The number of anilines is 2. The minimum absolute atomic E-state index is 0.0230. The van der Waals surface area contributed by atoms with E-state index in [-0.39, 0.29) is 11.8 Å². The van der Waals surface area contributed by atoms with Gasteiger partial charge in [0, 0.05) is 23.4 Å². The maximum absolute atomic E-state index is 12.5. The molecule has 4 heteroatoms. The maximum atomic E-state index is 12.5. The Morgan fingerprint density at radius 1 is 0.724 bits per heavy atom. The Kier molecular flexibility index (Phi) is 7.40. The van der Waals surface area contributed by atoms with Crippen molar-refractivity contribution in [3.8, 4) is 0 Å². The van der Waals surface area contributed by atoms with Crippen LogP contribution in [0.5, 0.6) is 0 Å². The van der Waals surface area contributed by atoms with Crippen molar-refractivity contribution in [3.05, 3.63) is 72.3 Å². The molecule has 0 radical (unpaired) electrons. The summed E-state index contributed by atoms with van der Waals surface area (Å²) in [5, 5.41) is 8.04. The molecule has 0 heterocycles. The van der Waals surface area contributed by atoms with Crippen molar-refractivity contribution >= 4 is 34.0 Å². The molecule has 0 aliphatic rings. The van der Waals surface area contributed by atoms with Gasteiger partial charge in [-0.2, -0.15) is 0 Å². The van der Waals surface area contributed by atoms with E-state index < -0.39 is 0 Å². The lowest BCUT2D eigenvalue weighted by Crippen LogP contribution is -2.13. The Balaban J connectivity index is 1.52. The topological polar surface area (TPSA) is 58.2 Å². The predicted octanol–water partition coefficient (Wildman–Crippen LogP) is 6.39. The summed E-state index contributed by atoms with van der Waals surface area (Å²) in [6, 6.07) is 20.9. The van der Waals surface area contributed by atoms with E-state index in [0.29, 0.717) is 17.7 Å². The zero-order chi connectivity index (χ0) is 20.5. The van der Waals surface area contributed by atoms with Gasteiger partial charge < -0.3 is 10.6 Å². The van der Waals surface area contributed by atoms with Gasteiger partial charge in [-0.15, -0.1) is 0 Å². The highest BCUT2D eigenvalue weighted by Gasteiger charge is 2.08. The highest BCUT2D eigenvalue weighted by molar-refractivity contribution is 6.05. The number of hydrogen-bond acceptors (Lipinski definition) is 2. The summed E-state index contributed by atoms with van der Waals surface area (Å²) in [5.74, 6) is -0.149. The molecule has 0 saturated heterocycles. The van der Waals surface area contributed by atoms with E-state index >= 15 is 0 Å². The molecule has 29 heavy (non-hydrogen) atoms. The number of amides is 2. The summed E-state index contributed by atoms with van der Waals surface area (Å²) in [6.07, 6.45) is 6.16. The average Bonchev–Trinajstić information content (AvgIpc) is 2.74. The Hall–Kier alpha value is -3.14. The third-order valence-electron chi connectivity index (χ3n) is 4.95. The van der Waals surface area contributed by atoms with Gasteiger partial charge in [0.2, 0.25) is 5.91 Å². The van der Waals surface area contributed by atoms with Crippen molar-refractivity contribution < 1.29 is 9.59 Å². The molecule has 150 valence electrons. The highest BCUT2D eigenvalue weighted by Crippen LogP contribution is 2.20. The second-order valence-corrected chi connectivity index (χ2v) is 7.31. The van der Waals surface area contributed by atoms with E-state index in [4.69, 9.17) is 0 Å². The van der Waals surface area contributed by atoms with Crippen molar-refractivity contribution in [1.29, 1.82) is 0 Å². The first kappa shape index (κ1) is 20.6. The lowest BCUT2D eigenvalue weighted by Gasteiger charge is -2.08. The van der Waals surface area contributed by atoms with Crippen LogP contribution in [-0.4, -0.2) is 11.8 Å². The van der Waals surface area contributed by atoms with Crippen LogP contribution in [0, 0.1) is 0 Å². The van der Waals surface area contributed by atoms with Gasteiger partial charge in [0.1, 0.15) is 0 Å². The molecular formula is C25H28N2O2. The second-order valence-electron chi connectivity index (χ2n) is 7.31. The van der Waals surface area contributed by atoms with Gasteiger partial charge in [-0.25, -0.2) is 0 Å². The molecule has 3 rings (SSSR count). The van der Waals surface area contributed by atoms with Crippen LogP contribution in [0.4, 0.5) is 11.4 Å². The smallest absolute Gasteiger partial charge is 0.255 e. The van der Waals surface area contributed by atoms with Gasteiger partial charge in [0.15, 0.2) is 0 Å². The normalized spacial score (nSPS) is 10.7. The van der Waals surface area contributed by atoms with Crippen LogP contribution in [0.25, 0.3) is 10.8 Å². The quantitative estimate of drug-likeness (QED) is 0.417. The molecule has 3 aromatic carbocycles. The molecule has 0 spiro atoms. The molecule has 2 amide bonds. The van der Waals surface area contributed by atoms with Gasteiger partial charge >= 0.3 is 0 Å². The van der Waals surface area contributed by atoms with E-state index in [2.05, 4.69) is 17.6 Å². The lowest BCUT2D eigenvalue weighted by molar-refractivity contribution is -0.116. The number of rotatable bonds is 9. The van der Waals surface area contributed by atoms with Crippen molar-refractivity contribution in [3.63, 3.8) is 0 Å². The third-order valence-corrected chi connectivity index (χ3v) is 4.95. The fraction of sp³-hybridized carbons (Fsp3) is 0.280. The molecule has 0 bridgehead atoms. The zero-order valence-electron chi connectivity index (χ0n) is 16.9. The Labute approximate surface area is 172 Å². The molecule has 2 N–H and O–H groups in total. The van der Waals surface area contributed by atoms with E-state index in [0.717, 1.165) is 29.3 Å². The summed E-state index contributed by atoms with van der Waals surface area (Å²) >= 11 is 0. The molecule has 0 aliphatic carbocycles. The fourth-order valence-corrected chi connectivity index (χ4v) is 3.29. The molecule has 4 nitrogen and oxygen atoms in total. The van der Waals surface area contributed by atoms with Crippen molar-refractivity contribution in [2.45, 2.75) is 45.4 Å². The Morgan fingerprint density at radius 3 is 2.17 bits per heavy atom. The molecule has 3 aromatic rings. The summed E-state index contributed by atoms with van der Waals surface area (Å²) in [4.78, 5) is 24.5. The summed E-state index contributed by atoms with van der Waals surface area (Å²) in [7, 11) is 0. The molecule has 0 unspecified atom stereocenters. The maximum Gasteiger partial charge on any atom is 0.255 e. The number of nitrogens with one attached hydrogen (secondary N) is 2. The van der Waals surface area contributed by atoms with Gasteiger partial charge in [-0.3, -0.25) is 9.59 Å². The Bertz CT molecular complexity index is 964. The monoisotopic (exact) mass is 388 g/mol. The van der Waals surface area contributed by atoms with Crippen LogP contribution in [0.1, 0.15) is 55.8 Å². The highest BCUT2D eigenvalue weighted by atomic mass is 16.2. The van der Waals surface area contributed by atoms with Crippen molar-refractivity contribution in [2.24, 2.45) is 0 Å². The third kappa shape index (κ3) is 6.18.